The van der Waals surface area contributed by atoms with Crippen LogP contribution in [0.15, 0.2) is 24.4 Å². The zero-order chi connectivity index (χ0) is 18.9. The summed E-state index contributed by atoms with van der Waals surface area (Å²) in [5, 5.41) is 9.06. The van der Waals surface area contributed by atoms with E-state index in [0.717, 1.165) is 17.6 Å². The fraction of sp³-hybridized carbons (Fsp3) is 0.526. The van der Waals surface area contributed by atoms with Crippen LogP contribution >= 0.6 is 0 Å². The van der Waals surface area contributed by atoms with Gasteiger partial charge in [0.15, 0.2) is 11.6 Å². The lowest BCUT2D eigenvalue weighted by Gasteiger charge is -2.28. The number of hydrogen-bond donors (Lipinski definition) is 2. The average molecular weight is 365 g/mol. The van der Waals surface area contributed by atoms with E-state index in [1.807, 2.05) is 18.4 Å². The Labute approximate surface area is 151 Å². The topological polar surface area (TPSA) is 73.3 Å². The van der Waals surface area contributed by atoms with Crippen molar-refractivity contribution in [2.24, 2.45) is 5.73 Å². The number of aliphatic hydroxyl groups is 1. The largest absolute Gasteiger partial charge is 0.394 e. The predicted molar refractivity (Wildman–Crippen MR) is 93.6 cm³/mol. The number of nitrogens with two attached hydrogens (primary N) is 1. The van der Waals surface area contributed by atoms with Crippen LogP contribution in [0.1, 0.15) is 55.7 Å². The van der Waals surface area contributed by atoms with Crippen molar-refractivity contribution in [3.63, 3.8) is 0 Å². The first kappa shape index (κ1) is 18.9. The molecule has 142 valence electrons. The van der Waals surface area contributed by atoms with Gasteiger partial charge in [0.2, 0.25) is 0 Å². The van der Waals surface area contributed by atoms with E-state index in [-0.39, 0.29) is 25.2 Å². The van der Waals surface area contributed by atoms with E-state index in [4.69, 9.17) is 15.6 Å². The summed E-state index contributed by atoms with van der Waals surface area (Å²) in [6, 6.07) is 4.01. The molecule has 1 aromatic heterocycles. The predicted octanol–water partition coefficient (Wildman–Crippen LogP) is 2.98. The number of rotatable bonds is 5. The first-order chi connectivity index (χ1) is 12.3. The third-order valence-electron chi connectivity index (χ3n) is 5.04. The number of aliphatic hydroxyl groups excluding tert-OH is 1. The lowest BCUT2D eigenvalue weighted by Crippen LogP contribution is -2.28. The molecule has 3 rings (SSSR count). The molecule has 0 fully saturated rings. The van der Waals surface area contributed by atoms with Crippen LogP contribution in [0.5, 0.6) is 0 Å². The SMILES string of the molecule is CC(C)(OCCO)c1cnc2n1C[C@H](c1cccc(F)c1F)CC[C@H]2N. The number of nitrogens with zero attached hydrogens (tertiary/aromatic N) is 2. The maximum absolute atomic E-state index is 14.3. The summed E-state index contributed by atoms with van der Waals surface area (Å²) in [7, 11) is 0. The van der Waals surface area contributed by atoms with E-state index in [1.54, 1.807) is 12.3 Å². The molecule has 0 amide bonds. The smallest absolute Gasteiger partial charge is 0.162 e. The van der Waals surface area contributed by atoms with Crippen LogP contribution in [-0.4, -0.2) is 27.9 Å². The third-order valence-corrected chi connectivity index (χ3v) is 5.04. The van der Waals surface area contributed by atoms with Crippen molar-refractivity contribution in [1.29, 1.82) is 0 Å². The van der Waals surface area contributed by atoms with Crippen LogP contribution in [0.4, 0.5) is 8.78 Å². The Kier molecular flexibility index (Phi) is 5.41. The van der Waals surface area contributed by atoms with Crippen LogP contribution in [0.3, 0.4) is 0 Å². The highest BCUT2D eigenvalue weighted by molar-refractivity contribution is 5.25. The van der Waals surface area contributed by atoms with E-state index in [0.29, 0.717) is 24.9 Å². The molecule has 0 aliphatic carbocycles. The second-order valence-corrected chi connectivity index (χ2v) is 7.22. The fourth-order valence-electron chi connectivity index (χ4n) is 3.64. The molecule has 0 bridgehead atoms. The summed E-state index contributed by atoms with van der Waals surface area (Å²) < 4.78 is 35.8. The average Bonchev–Trinajstić information content (AvgIpc) is 2.97. The maximum atomic E-state index is 14.3. The highest BCUT2D eigenvalue weighted by atomic mass is 19.2. The highest BCUT2D eigenvalue weighted by Gasteiger charge is 2.33. The number of fused-ring (bicyclic) bond motifs is 1. The fourth-order valence-corrected chi connectivity index (χ4v) is 3.64. The second kappa shape index (κ2) is 7.42. The van der Waals surface area contributed by atoms with Crippen LogP contribution in [-0.2, 0) is 16.9 Å². The van der Waals surface area contributed by atoms with Crippen molar-refractivity contribution in [3.8, 4) is 0 Å². The zero-order valence-electron chi connectivity index (χ0n) is 15.1. The Bertz CT molecular complexity index is 776. The summed E-state index contributed by atoms with van der Waals surface area (Å²) >= 11 is 0. The van der Waals surface area contributed by atoms with E-state index < -0.39 is 17.2 Å². The molecule has 3 N–H and O–H groups in total. The number of aromatic nitrogens is 2. The van der Waals surface area contributed by atoms with Gasteiger partial charge in [-0.2, -0.15) is 0 Å². The van der Waals surface area contributed by atoms with E-state index >= 15 is 0 Å². The van der Waals surface area contributed by atoms with E-state index in [9.17, 15) is 8.78 Å². The number of benzene rings is 1. The zero-order valence-corrected chi connectivity index (χ0v) is 15.1. The molecular formula is C19H25F2N3O2. The summed E-state index contributed by atoms with van der Waals surface area (Å²) in [5.74, 6) is -1.12. The number of ether oxygens (including phenoxy) is 1. The van der Waals surface area contributed by atoms with Gasteiger partial charge in [0.05, 0.1) is 31.1 Å². The van der Waals surface area contributed by atoms with E-state index in [1.165, 1.54) is 6.07 Å². The molecule has 0 saturated carbocycles. The van der Waals surface area contributed by atoms with Crippen molar-refractivity contribution >= 4 is 0 Å². The molecule has 1 aromatic carbocycles. The van der Waals surface area contributed by atoms with Gasteiger partial charge in [0.1, 0.15) is 11.4 Å². The quantitative estimate of drug-likeness (QED) is 0.854. The number of imidazole rings is 1. The van der Waals surface area contributed by atoms with Crippen molar-refractivity contribution in [2.45, 2.75) is 50.8 Å². The first-order valence-electron chi connectivity index (χ1n) is 8.85. The van der Waals surface area contributed by atoms with Crippen LogP contribution in [0, 0.1) is 11.6 Å². The van der Waals surface area contributed by atoms with Gasteiger partial charge >= 0.3 is 0 Å². The minimum absolute atomic E-state index is 0.0823. The number of hydrogen-bond acceptors (Lipinski definition) is 4. The maximum Gasteiger partial charge on any atom is 0.162 e. The van der Waals surface area contributed by atoms with Gasteiger partial charge in [-0.05, 0) is 38.3 Å². The Morgan fingerprint density at radius 3 is 2.85 bits per heavy atom. The van der Waals surface area contributed by atoms with Gasteiger partial charge in [-0.1, -0.05) is 12.1 Å². The Balaban J connectivity index is 1.99. The molecule has 2 atom stereocenters. The molecule has 26 heavy (non-hydrogen) atoms. The standard InChI is InChI=1S/C19H25F2N3O2/c1-19(2,26-9-8-25)16-10-23-18-15(22)7-6-12(11-24(16)18)13-4-3-5-14(20)17(13)21/h3-5,10,12,15,25H,6-9,11,22H2,1-2H3/t12-,15-/m1/s1. The summed E-state index contributed by atoms with van der Waals surface area (Å²) in [5.41, 5.74) is 6.75. The van der Waals surface area contributed by atoms with Gasteiger partial charge in [0, 0.05) is 12.5 Å². The van der Waals surface area contributed by atoms with Crippen molar-refractivity contribution in [3.05, 3.63) is 53.1 Å². The van der Waals surface area contributed by atoms with Gasteiger partial charge in [0.25, 0.3) is 0 Å². The molecule has 7 heteroatoms. The Morgan fingerprint density at radius 2 is 2.12 bits per heavy atom. The second-order valence-electron chi connectivity index (χ2n) is 7.22. The lowest BCUT2D eigenvalue weighted by molar-refractivity contribution is -0.0421. The Morgan fingerprint density at radius 1 is 1.35 bits per heavy atom. The van der Waals surface area contributed by atoms with Crippen molar-refractivity contribution in [2.75, 3.05) is 13.2 Å². The summed E-state index contributed by atoms with van der Waals surface area (Å²) in [6.07, 6.45) is 2.99. The molecular weight excluding hydrogens is 340 g/mol. The summed E-state index contributed by atoms with van der Waals surface area (Å²) in [6.45, 7) is 4.34. The first-order valence-corrected chi connectivity index (χ1v) is 8.85. The van der Waals surface area contributed by atoms with Crippen LogP contribution in [0.25, 0.3) is 0 Å². The molecule has 2 heterocycles. The van der Waals surface area contributed by atoms with Crippen molar-refractivity contribution < 1.29 is 18.6 Å². The third kappa shape index (κ3) is 3.51. The number of halogens is 2. The molecule has 2 aromatic rings. The lowest BCUT2D eigenvalue weighted by atomic mass is 9.92. The molecule has 5 nitrogen and oxygen atoms in total. The summed E-state index contributed by atoms with van der Waals surface area (Å²) in [4.78, 5) is 4.47. The molecule has 0 spiro atoms. The molecule has 0 saturated heterocycles. The Hall–Kier alpha value is -1.83. The molecule has 1 aliphatic rings. The highest BCUT2D eigenvalue weighted by Crippen LogP contribution is 2.36. The monoisotopic (exact) mass is 365 g/mol. The van der Waals surface area contributed by atoms with E-state index in [2.05, 4.69) is 4.98 Å². The van der Waals surface area contributed by atoms with Gasteiger partial charge in [-0.3, -0.25) is 0 Å². The molecule has 1 aliphatic heterocycles. The van der Waals surface area contributed by atoms with Crippen LogP contribution < -0.4 is 5.73 Å². The van der Waals surface area contributed by atoms with Crippen LogP contribution in [0.2, 0.25) is 0 Å². The minimum Gasteiger partial charge on any atom is -0.394 e. The molecule has 0 radical (unpaired) electrons. The van der Waals surface area contributed by atoms with Crippen molar-refractivity contribution in [1.82, 2.24) is 9.55 Å². The van der Waals surface area contributed by atoms with Gasteiger partial charge in [-0.15, -0.1) is 0 Å². The van der Waals surface area contributed by atoms with Gasteiger partial charge < -0.3 is 20.1 Å². The molecule has 0 unspecified atom stereocenters. The normalized spacial score (nSPS) is 20.7. The minimum atomic E-state index is -0.839. The van der Waals surface area contributed by atoms with Gasteiger partial charge in [-0.25, -0.2) is 13.8 Å².